The number of hydrogen-bond donors (Lipinski definition) is 0. The maximum atomic E-state index is 2.27. The van der Waals surface area contributed by atoms with E-state index < -0.39 is 0 Å². The van der Waals surface area contributed by atoms with E-state index in [1.165, 1.54) is 21.9 Å². The first kappa shape index (κ1) is 13.6. The van der Waals surface area contributed by atoms with Gasteiger partial charge in [0, 0.05) is 0 Å². The Morgan fingerprint density at radius 2 is 1.63 bits per heavy atom. The van der Waals surface area contributed by atoms with Crippen molar-refractivity contribution in [2.24, 2.45) is 5.41 Å². The zero-order chi connectivity index (χ0) is 13.9. The van der Waals surface area contributed by atoms with Crippen molar-refractivity contribution in [1.29, 1.82) is 0 Å². The molecule has 0 aliphatic carbocycles. The minimum absolute atomic E-state index is 0.207. The van der Waals surface area contributed by atoms with Crippen molar-refractivity contribution in [3.8, 4) is 0 Å². The highest BCUT2D eigenvalue weighted by Crippen LogP contribution is 2.26. The summed E-state index contributed by atoms with van der Waals surface area (Å²) in [6.45, 7) is 8.73. The van der Waals surface area contributed by atoms with Crippen LogP contribution < -0.4 is 0 Å². The van der Waals surface area contributed by atoms with Gasteiger partial charge < -0.3 is 0 Å². The number of benzene rings is 2. The third-order valence-electron chi connectivity index (χ3n) is 3.10. The molecule has 0 unspecified atom stereocenters. The van der Waals surface area contributed by atoms with Crippen molar-refractivity contribution in [3.63, 3.8) is 0 Å². The van der Waals surface area contributed by atoms with E-state index >= 15 is 0 Å². The van der Waals surface area contributed by atoms with Gasteiger partial charge in [-0.15, -0.1) is 0 Å². The van der Waals surface area contributed by atoms with E-state index in [-0.39, 0.29) is 5.41 Å². The fourth-order valence-electron chi connectivity index (χ4n) is 2.15. The molecule has 0 saturated carbocycles. The molecule has 0 aliphatic rings. The zero-order valence-corrected chi connectivity index (χ0v) is 12.3. The van der Waals surface area contributed by atoms with Gasteiger partial charge in [-0.05, 0) is 34.2 Å². The second kappa shape index (κ2) is 5.44. The molecule has 0 heteroatoms. The van der Waals surface area contributed by atoms with E-state index in [1.54, 1.807) is 0 Å². The SMILES string of the molecule is C/C=C\c1c(/C=C/C(C)(C)C)ccc2ccccc12. The van der Waals surface area contributed by atoms with E-state index in [0.717, 1.165) is 0 Å². The highest BCUT2D eigenvalue weighted by Gasteiger charge is 2.06. The van der Waals surface area contributed by atoms with Crippen LogP contribution in [0.4, 0.5) is 0 Å². The molecule has 0 radical (unpaired) electrons. The highest BCUT2D eigenvalue weighted by atomic mass is 14.1. The van der Waals surface area contributed by atoms with Crippen molar-refractivity contribution < 1.29 is 0 Å². The van der Waals surface area contributed by atoms with Crippen molar-refractivity contribution in [2.75, 3.05) is 0 Å². The number of hydrogen-bond acceptors (Lipinski definition) is 0. The quantitative estimate of drug-likeness (QED) is 0.619. The average molecular weight is 250 g/mol. The standard InChI is InChI=1S/C19H22/c1-5-8-17-16(13-14-19(2,3)4)12-11-15-9-6-7-10-18(15)17/h5-14H,1-4H3/b8-5-,14-13+. The first-order valence-corrected chi connectivity index (χ1v) is 6.85. The maximum absolute atomic E-state index is 2.27. The first-order valence-electron chi connectivity index (χ1n) is 6.85. The van der Waals surface area contributed by atoms with Gasteiger partial charge in [0.05, 0.1) is 0 Å². The Hall–Kier alpha value is -1.82. The lowest BCUT2D eigenvalue weighted by molar-refractivity contribution is 0.547. The summed E-state index contributed by atoms with van der Waals surface area (Å²) in [7, 11) is 0. The minimum Gasteiger partial charge on any atom is -0.0870 e. The molecule has 19 heavy (non-hydrogen) atoms. The Morgan fingerprint density at radius 3 is 2.32 bits per heavy atom. The van der Waals surface area contributed by atoms with Crippen LogP contribution in [-0.4, -0.2) is 0 Å². The van der Waals surface area contributed by atoms with E-state index in [2.05, 4.69) is 88.4 Å². The highest BCUT2D eigenvalue weighted by molar-refractivity contribution is 5.94. The fourth-order valence-corrected chi connectivity index (χ4v) is 2.15. The lowest BCUT2D eigenvalue weighted by atomic mass is 9.93. The molecule has 0 atom stereocenters. The van der Waals surface area contributed by atoms with Gasteiger partial charge in [-0.3, -0.25) is 0 Å². The molecule has 0 fully saturated rings. The Morgan fingerprint density at radius 1 is 0.895 bits per heavy atom. The Balaban J connectivity index is 2.61. The van der Waals surface area contributed by atoms with Gasteiger partial charge in [-0.2, -0.15) is 0 Å². The molecule has 2 rings (SSSR count). The van der Waals surface area contributed by atoms with Crippen molar-refractivity contribution >= 4 is 22.9 Å². The van der Waals surface area contributed by atoms with Crippen LogP contribution in [0.15, 0.2) is 48.6 Å². The molecular weight excluding hydrogens is 228 g/mol. The van der Waals surface area contributed by atoms with Crippen LogP contribution in [0.2, 0.25) is 0 Å². The topological polar surface area (TPSA) is 0 Å². The molecule has 0 bridgehead atoms. The Labute approximate surface area is 116 Å². The van der Waals surface area contributed by atoms with E-state index in [4.69, 9.17) is 0 Å². The Bertz CT molecular complexity index is 622. The van der Waals surface area contributed by atoms with Gasteiger partial charge in [-0.1, -0.05) is 81.5 Å². The van der Waals surface area contributed by atoms with Gasteiger partial charge in [0.25, 0.3) is 0 Å². The second-order valence-corrected chi connectivity index (χ2v) is 5.99. The summed E-state index contributed by atoms with van der Waals surface area (Å²) < 4.78 is 0. The lowest BCUT2D eigenvalue weighted by Crippen LogP contribution is -1.98. The molecule has 0 saturated heterocycles. The van der Waals surface area contributed by atoms with Crippen LogP contribution in [0, 0.1) is 5.41 Å². The summed E-state index contributed by atoms with van der Waals surface area (Å²) in [4.78, 5) is 0. The molecule has 98 valence electrons. The van der Waals surface area contributed by atoms with Gasteiger partial charge in [0.2, 0.25) is 0 Å². The number of allylic oxidation sites excluding steroid dienone is 2. The summed E-state index contributed by atoms with van der Waals surface area (Å²) >= 11 is 0. The molecule has 0 aliphatic heterocycles. The van der Waals surface area contributed by atoms with Crippen molar-refractivity contribution in [1.82, 2.24) is 0 Å². The summed E-state index contributed by atoms with van der Waals surface area (Å²) in [6, 6.07) is 13.0. The van der Waals surface area contributed by atoms with Crippen LogP contribution in [0.1, 0.15) is 38.8 Å². The van der Waals surface area contributed by atoms with Gasteiger partial charge in [0.15, 0.2) is 0 Å². The van der Waals surface area contributed by atoms with E-state index in [0.29, 0.717) is 0 Å². The predicted octanol–water partition coefficient (Wildman–Crippen LogP) is 5.93. The van der Waals surface area contributed by atoms with E-state index in [1.807, 2.05) is 0 Å². The van der Waals surface area contributed by atoms with Crippen LogP contribution in [0.5, 0.6) is 0 Å². The van der Waals surface area contributed by atoms with Crippen LogP contribution in [-0.2, 0) is 0 Å². The number of rotatable bonds is 2. The third-order valence-corrected chi connectivity index (χ3v) is 3.10. The normalized spacial score (nSPS) is 12.8. The molecule has 0 N–H and O–H groups in total. The average Bonchev–Trinajstić information content (AvgIpc) is 2.37. The molecule has 0 nitrogen and oxygen atoms in total. The summed E-state index contributed by atoms with van der Waals surface area (Å²) in [5, 5.41) is 2.61. The molecule has 2 aromatic carbocycles. The largest absolute Gasteiger partial charge is 0.0870 e. The van der Waals surface area contributed by atoms with Crippen LogP contribution in [0.25, 0.3) is 22.9 Å². The predicted molar refractivity (Wildman–Crippen MR) is 87.1 cm³/mol. The van der Waals surface area contributed by atoms with Gasteiger partial charge in [0.1, 0.15) is 0 Å². The zero-order valence-electron chi connectivity index (χ0n) is 12.3. The van der Waals surface area contributed by atoms with Crippen molar-refractivity contribution in [3.05, 3.63) is 59.7 Å². The smallest absolute Gasteiger partial charge is 0.0106 e. The fraction of sp³-hybridized carbons (Fsp3) is 0.263. The second-order valence-electron chi connectivity index (χ2n) is 5.99. The van der Waals surface area contributed by atoms with Gasteiger partial charge in [-0.25, -0.2) is 0 Å². The summed E-state index contributed by atoms with van der Waals surface area (Å²) in [5.74, 6) is 0. The lowest BCUT2D eigenvalue weighted by Gasteiger charge is -2.12. The third kappa shape index (κ3) is 3.35. The van der Waals surface area contributed by atoms with Crippen LogP contribution >= 0.6 is 0 Å². The molecule has 0 aromatic heterocycles. The Kier molecular flexibility index (Phi) is 3.90. The molecule has 0 spiro atoms. The maximum Gasteiger partial charge on any atom is -0.0106 e. The molecular formula is C19H22. The summed E-state index contributed by atoms with van der Waals surface area (Å²) in [6.07, 6.45) is 8.81. The van der Waals surface area contributed by atoms with Crippen molar-refractivity contribution in [2.45, 2.75) is 27.7 Å². The number of fused-ring (bicyclic) bond motifs is 1. The monoisotopic (exact) mass is 250 g/mol. The van der Waals surface area contributed by atoms with Crippen LogP contribution in [0.3, 0.4) is 0 Å². The molecule has 0 amide bonds. The van der Waals surface area contributed by atoms with E-state index in [9.17, 15) is 0 Å². The molecule has 0 heterocycles. The minimum atomic E-state index is 0.207. The van der Waals surface area contributed by atoms with Gasteiger partial charge >= 0.3 is 0 Å². The summed E-state index contributed by atoms with van der Waals surface area (Å²) in [5.41, 5.74) is 2.80. The molecule has 2 aromatic rings. The first-order chi connectivity index (χ1) is 9.01.